The largest absolute Gasteiger partial charge is 0.489 e. The van der Waals surface area contributed by atoms with Gasteiger partial charge in [-0.2, -0.15) is 0 Å². The van der Waals surface area contributed by atoms with Crippen molar-refractivity contribution in [1.29, 1.82) is 0 Å². The second-order valence-electron chi connectivity index (χ2n) is 3.40. The summed E-state index contributed by atoms with van der Waals surface area (Å²) in [6, 6.07) is 3.48. The van der Waals surface area contributed by atoms with Gasteiger partial charge in [-0.25, -0.2) is 0 Å². The van der Waals surface area contributed by atoms with E-state index in [9.17, 15) is 0 Å². The van der Waals surface area contributed by atoms with Crippen LogP contribution in [0.3, 0.4) is 0 Å². The van der Waals surface area contributed by atoms with E-state index in [1.165, 1.54) is 0 Å². The Labute approximate surface area is 92.9 Å². The van der Waals surface area contributed by atoms with Gasteiger partial charge in [0, 0.05) is 17.1 Å². The molecule has 0 bridgehead atoms. The number of hydrogen-bond acceptors (Lipinski definition) is 2. The Morgan fingerprint density at radius 3 is 2.64 bits per heavy atom. The lowest BCUT2D eigenvalue weighted by molar-refractivity contribution is 0.300. The molecule has 14 heavy (non-hydrogen) atoms. The third-order valence-electron chi connectivity index (χ3n) is 2.11. The van der Waals surface area contributed by atoms with Gasteiger partial charge in [-0.15, -0.1) is 0 Å². The minimum absolute atomic E-state index is 0.318. The van der Waals surface area contributed by atoms with Crippen molar-refractivity contribution in [3.05, 3.63) is 27.7 Å². The number of halogens is 2. The summed E-state index contributed by atoms with van der Waals surface area (Å²) in [5.41, 5.74) is 6.46. The fourth-order valence-electron chi connectivity index (χ4n) is 1.25. The molecule has 0 aromatic heterocycles. The van der Waals surface area contributed by atoms with Crippen molar-refractivity contribution in [3.63, 3.8) is 0 Å². The Morgan fingerprint density at radius 2 is 2.07 bits per heavy atom. The third-order valence-corrected chi connectivity index (χ3v) is 2.61. The Kier molecular flexibility index (Phi) is 2.86. The molecule has 4 heteroatoms. The topological polar surface area (TPSA) is 35.2 Å². The van der Waals surface area contributed by atoms with Gasteiger partial charge >= 0.3 is 0 Å². The van der Waals surface area contributed by atoms with Crippen molar-refractivity contribution in [2.75, 3.05) is 0 Å². The van der Waals surface area contributed by atoms with Crippen LogP contribution in [0.15, 0.2) is 12.1 Å². The molecule has 1 fully saturated rings. The van der Waals surface area contributed by atoms with Gasteiger partial charge < -0.3 is 10.5 Å². The lowest BCUT2D eigenvalue weighted by atomic mass is 10.2. The highest BCUT2D eigenvalue weighted by molar-refractivity contribution is 6.35. The number of nitrogens with two attached hydrogens (primary N) is 1. The SMILES string of the molecule is NCc1cc(Cl)cc(Cl)c1OC1CC1. The van der Waals surface area contributed by atoms with E-state index in [-0.39, 0.29) is 0 Å². The summed E-state index contributed by atoms with van der Waals surface area (Å²) in [5.74, 6) is 0.695. The zero-order valence-electron chi connectivity index (χ0n) is 7.59. The van der Waals surface area contributed by atoms with Crippen LogP contribution < -0.4 is 10.5 Å². The van der Waals surface area contributed by atoms with E-state index in [1.54, 1.807) is 12.1 Å². The summed E-state index contributed by atoms with van der Waals surface area (Å²) in [6.07, 6.45) is 2.52. The minimum atomic E-state index is 0.318. The van der Waals surface area contributed by atoms with E-state index >= 15 is 0 Å². The highest BCUT2D eigenvalue weighted by Crippen LogP contribution is 2.36. The highest BCUT2D eigenvalue weighted by atomic mass is 35.5. The van der Waals surface area contributed by atoms with Gasteiger partial charge in [0.25, 0.3) is 0 Å². The predicted octanol–water partition coefficient (Wildman–Crippen LogP) is 2.99. The summed E-state index contributed by atoms with van der Waals surface area (Å²) >= 11 is 11.9. The van der Waals surface area contributed by atoms with E-state index in [2.05, 4.69) is 0 Å². The molecule has 1 aliphatic carbocycles. The summed E-state index contributed by atoms with van der Waals surface area (Å²) in [5, 5.41) is 1.14. The summed E-state index contributed by atoms with van der Waals surface area (Å²) < 4.78 is 5.66. The molecule has 0 aliphatic heterocycles. The van der Waals surface area contributed by atoms with E-state index in [1.807, 2.05) is 0 Å². The highest BCUT2D eigenvalue weighted by Gasteiger charge is 2.25. The molecule has 0 atom stereocenters. The van der Waals surface area contributed by atoms with Crippen LogP contribution in [-0.4, -0.2) is 6.10 Å². The van der Waals surface area contributed by atoms with Gasteiger partial charge in [-0.1, -0.05) is 23.2 Å². The Morgan fingerprint density at radius 1 is 1.36 bits per heavy atom. The summed E-state index contributed by atoms with van der Waals surface area (Å²) in [4.78, 5) is 0. The number of benzene rings is 1. The van der Waals surface area contributed by atoms with E-state index in [0.717, 1.165) is 18.4 Å². The lowest BCUT2D eigenvalue weighted by Gasteiger charge is -2.11. The molecule has 1 aliphatic rings. The van der Waals surface area contributed by atoms with Crippen LogP contribution in [0.2, 0.25) is 10.0 Å². The molecule has 0 amide bonds. The van der Waals surface area contributed by atoms with Crippen molar-refractivity contribution in [1.82, 2.24) is 0 Å². The second-order valence-corrected chi connectivity index (χ2v) is 4.24. The quantitative estimate of drug-likeness (QED) is 0.869. The smallest absolute Gasteiger partial charge is 0.142 e. The molecular weight excluding hydrogens is 221 g/mol. The Balaban J connectivity index is 2.33. The molecule has 0 radical (unpaired) electrons. The minimum Gasteiger partial charge on any atom is -0.489 e. The van der Waals surface area contributed by atoms with E-state index in [0.29, 0.717) is 28.4 Å². The molecule has 76 valence electrons. The fraction of sp³-hybridized carbons (Fsp3) is 0.400. The average molecular weight is 232 g/mol. The molecule has 1 aromatic carbocycles. The number of ether oxygens (including phenoxy) is 1. The van der Waals surface area contributed by atoms with Gasteiger partial charge in [0.2, 0.25) is 0 Å². The first-order chi connectivity index (χ1) is 6.70. The molecule has 0 spiro atoms. The van der Waals surface area contributed by atoms with Crippen LogP contribution in [0.4, 0.5) is 0 Å². The lowest BCUT2D eigenvalue weighted by Crippen LogP contribution is -2.04. The maximum Gasteiger partial charge on any atom is 0.142 e. The molecule has 2 rings (SSSR count). The normalized spacial score (nSPS) is 15.6. The summed E-state index contributed by atoms with van der Waals surface area (Å²) in [7, 11) is 0. The molecule has 0 saturated heterocycles. The Hall–Kier alpha value is -0.440. The van der Waals surface area contributed by atoms with Crippen LogP contribution in [0.1, 0.15) is 18.4 Å². The van der Waals surface area contributed by atoms with Crippen LogP contribution in [0.5, 0.6) is 5.75 Å². The van der Waals surface area contributed by atoms with Crippen molar-refractivity contribution < 1.29 is 4.74 Å². The first-order valence-corrected chi connectivity index (χ1v) is 5.31. The van der Waals surface area contributed by atoms with Crippen molar-refractivity contribution >= 4 is 23.2 Å². The molecule has 2 N–H and O–H groups in total. The van der Waals surface area contributed by atoms with Gasteiger partial charge in [-0.3, -0.25) is 0 Å². The average Bonchev–Trinajstić information content (AvgIpc) is 2.93. The summed E-state index contributed by atoms with van der Waals surface area (Å²) in [6.45, 7) is 0.391. The van der Waals surface area contributed by atoms with Crippen molar-refractivity contribution in [3.8, 4) is 5.75 Å². The first-order valence-electron chi connectivity index (χ1n) is 4.55. The van der Waals surface area contributed by atoms with Crippen LogP contribution in [0, 0.1) is 0 Å². The molecule has 1 saturated carbocycles. The number of rotatable bonds is 3. The fourth-order valence-corrected chi connectivity index (χ4v) is 1.83. The zero-order chi connectivity index (χ0) is 10.1. The van der Waals surface area contributed by atoms with Gasteiger partial charge in [0.15, 0.2) is 0 Å². The molecule has 0 heterocycles. The predicted molar refractivity (Wildman–Crippen MR) is 58.0 cm³/mol. The number of hydrogen-bond donors (Lipinski definition) is 1. The van der Waals surface area contributed by atoms with Gasteiger partial charge in [-0.05, 0) is 25.0 Å². The van der Waals surface area contributed by atoms with Crippen molar-refractivity contribution in [2.45, 2.75) is 25.5 Å². The first kappa shape index (κ1) is 10.1. The van der Waals surface area contributed by atoms with E-state index < -0.39 is 0 Å². The molecule has 1 aromatic rings. The van der Waals surface area contributed by atoms with Crippen molar-refractivity contribution in [2.24, 2.45) is 5.73 Å². The maximum absolute atomic E-state index is 6.02. The molecular formula is C10H11Cl2NO. The van der Waals surface area contributed by atoms with Crippen LogP contribution in [-0.2, 0) is 6.54 Å². The van der Waals surface area contributed by atoms with Gasteiger partial charge in [0.1, 0.15) is 5.75 Å². The third kappa shape index (κ3) is 2.14. The second kappa shape index (κ2) is 3.97. The Bertz CT molecular complexity index is 350. The van der Waals surface area contributed by atoms with Crippen LogP contribution in [0.25, 0.3) is 0 Å². The monoisotopic (exact) mass is 231 g/mol. The maximum atomic E-state index is 6.02. The van der Waals surface area contributed by atoms with Gasteiger partial charge in [0.05, 0.1) is 11.1 Å². The molecule has 0 unspecified atom stereocenters. The van der Waals surface area contributed by atoms with E-state index in [4.69, 9.17) is 33.7 Å². The standard InChI is InChI=1S/C10H11Cl2NO/c11-7-3-6(5-13)10(9(12)4-7)14-8-1-2-8/h3-4,8H,1-2,5,13H2. The zero-order valence-corrected chi connectivity index (χ0v) is 9.11. The van der Waals surface area contributed by atoms with Crippen LogP contribution >= 0.6 is 23.2 Å². The molecule has 2 nitrogen and oxygen atoms in total.